The second-order valence-corrected chi connectivity index (χ2v) is 4.14. The molecular weight excluding hydrogens is 164 g/mol. The molecule has 0 aromatic heterocycles. The normalized spacial score (nSPS) is 26.2. The number of likely N-dealkylation sites (N-methyl/N-ethyl adjacent to an activating group) is 2. The smallest absolute Gasteiger partial charge is 0.129 e. The van der Waals surface area contributed by atoms with Crippen molar-refractivity contribution in [3.63, 3.8) is 0 Å². The van der Waals surface area contributed by atoms with Gasteiger partial charge in [0.25, 0.3) is 0 Å². The summed E-state index contributed by atoms with van der Waals surface area (Å²) in [6.45, 7) is 5.04. The summed E-state index contributed by atoms with van der Waals surface area (Å²) in [6, 6.07) is 0.572. The summed E-state index contributed by atoms with van der Waals surface area (Å²) in [4.78, 5) is 15.5. The molecule has 3 nitrogen and oxygen atoms in total. The number of hydrogen-bond donors (Lipinski definition) is 0. The summed E-state index contributed by atoms with van der Waals surface area (Å²) < 4.78 is 0. The van der Waals surface area contributed by atoms with Gasteiger partial charge in [0, 0.05) is 32.1 Å². The minimum absolute atomic E-state index is 0.307. The van der Waals surface area contributed by atoms with Gasteiger partial charge in [-0.25, -0.2) is 0 Å². The fourth-order valence-corrected chi connectivity index (χ4v) is 1.78. The Labute approximate surface area is 80.7 Å². The maximum Gasteiger partial charge on any atom is 0.129 e. The highest BCUT2D eigenvalue weighted by atomic mass is 16.1. The van der Waals surface area contributed by atoms with Crippen LogP contribution in [0.5, 0.6) is 0 Å². The number of ketones is 1. The van der Waals surface area contributed by atoms with Crippen LogP contribution < -0.4 is 0 Å². The lowest BCUT2D eigenvalue weighted by Crippen LogP contribution is -2.49. The lowest BCUT2D eigenvalue weighted by Gasteiger charge is -2.37. The summed E-state index contributed by atoms with van der Waals surface area (Å²) in [7, 11) is 4.30. The van der Waals surface area contributed by atoms with Crippen molar-refractivity contribution in [2.45, 2.75) is 25.8 Å². The maximum atomic E-state index is 10.8. The summed E-state index contributed by atoms with van der Waals surface area (Å²) in [5.74, 6) is 0.307. The van der Waals surface area contributed by atoms with E-state index >= 15 is 0 Å². The second-order valence-electron chi connectivity index (χ2n) is 4.14. The molecule has 76 valence electrons. The third kappa shape index (κ3) is 3.44. The molecule has 0 N–H and O–H groups in total. The van der Waals surface area contributed by atoms with E-state index in [9.17, 15) is 4.79 Å². The third-order valence-corrected chi connectivity index (χ3v) is 2.81. The highest BCUT2D eigenvalue weighted by molar-refractivity contribution is 5.75. The number of carbonyl (C=O) groups is 1. The van der Waals surface area contributed by atoms with Crippen LogP contribution in [0.15, 0.2) is 0 Å². The van der Waals surface area contributed by atoms with Crippen LogP contribution in [0.1, 0.15) is 19.8 Å². The van der Waals surface area contributed by atoms with E-state index in [0.29, 0.717) is 11.8 Å². The Morgan fingerprint density at radius 1 is 1.38 bits per heavy atom. The number of nitrogens with zero attached hydrogens (tertiary/aromatic N) is 2. The van der Waals surface area contributed by atoms with Crippen LogP contribution >= 0.6 is 0 Å². The molecule has 1 heterocycles. The van der Waals surface area contributed by atoms with Crippen LogP contribution in [0.4, 0.5) is 0 Å². The van der Waals surface area contributed by atoms with Crippen molar-refractivity contribution < 1.29 is 4.79 Å². The number of carbonyl (C=O) groups excluding carboxylic acids is 1. The van der Waals surface area contributed by atoms with Crippen LogP contribution in [0.2, 0.25) is 0 Å². The monoisotopic (exact) mass is 184 g/mol. The largest absolute Gasteiger partial charge is 0.304 e. The Hall–Kier alpha value is -0.410. The van der Waals surface area contributed by atoms with E-state index in [-0.39, 0.29) is 0 Å². The average molecular weight is 184 g/mol. The molecule has 1 atom stereocenters. The van der Waals surface area contributed by atoms with Crippen LogP contribution in [-0.2, 0) is 4.79 Å². The van der Waals surface area contributed by atoms with E-state index in [1.807, 2.05) is 0 Å². The van der Waals surface area contributed by atoms with Crippen molar-refractivity contribution in [1.29, 1.82) is 0 Å². The van der Waals surface area contributed by atoms with Crippen molar-refractivity contribution in [2.75, 3.05) is 33.7 Å². The van der Waals surface area contributed by atoms with Crippen LogP contribution in [0.25, 0.3) is 0 Å². The Kier molecular flexibility index (Phi) is 3.88. The molecule has 1 aliphatic heterocycles. The van der Waals surface area contributed by atoms with E-state index in [1.165, 1.54) is 0 Å². The van der Waals surface area contributed by atoms with Gasteiger partial charge in [-0.3, -0.25) is 0 Å². The molecule has 0 amide bonds. The van der Waals surface area contributed by atoms with E-state index in [2.05, 4.69) is 23.9 Å². The molecule has 1 saturated heterocycles. The van der Waals surface area contributed by atoms with Crippen molar-refractivity contribution >= 4 is 5.78 Å². The van der Waals surface area contributed by atoms with Gasteiger partial charge in [0.1, 0.15) is 5.78 Å². The molecule has 0 aliphatic carbocycles. The number of Topliss-reactive ketones (excluding diaryl/α,β-unsaturated/α-hetero) is 1. The van der Waals surface area contributed by atoms with Gasteiger partial charge >= 0.3 is 0 Å². The van der Waals surface area contributed by atoms with E-state index in [1.54, 1.807) is 6.92 Å². The van der Waals surface area contributed by atoms with Crippen molar-refractivity contribution in [2.24, 2.45) is 0 Å². The molecule has 0 unspecified atom stereocenters. The Balaban J connectivity index is 2.33. The predicted molar refractivity (Wildman–Crippen MR) is 53.8 cm³/mol. The molecule has 0 spiro atoms. The van der Waals surface area contributed by atoms with Gasteiger partial charge in [-0.2, -0.15) is 0 Å². The predicted octanol–water partition coefficient (Wildman–Crippen LogP) is 0.601. The van der Waals surface area contributed by atoms with E-state index < -0.39 is 0 Å². The molecule has 0 radical (unpaired) electrons. The minimum atomic E-state index is 0.307. The molecule has 1 aliphatic rings. The SMILES string of the molecule is CC(=O)CC[C@H]1CN(C)CCN1C. The molecule has 13 heavy (non-hydrogen) atoms. The first-order valence-corrected chi connectivity index (χ1v) is 4.98. The van der Waals surface area contributed by atoms with Crippen molar-refractivity contribution in [1.82, 2.24) is 9.80 Å². The summed E-state index contributed by atoms with van der Waals surface area (Å²) in [5.41, 5.74) is 0. The molecule has 0 saturated carbocycles. The summed E-state index contributed by atoms with van der Waals surface area (Å²) in [6.07, 6.45) is 1.74. The Bertz CT molecular complexity index is 182. The average Bonchev–Trinajstić information content (AvgIpc) is 2.06. The topological polar surface area (TPSA) is 23.6 Å². The quantitative estimate of drug-likeness (QED) is 0.642. The standard InChI is InChI=1S/C10H20N2O/c1-9(13)4-5-10-8-11(2)6-7-12(10)3/h10H,4-8H2,1-3H3/t10-/m0/s1. The lowest BCUT2D eigenvalue weighted by atomic mass is 10.1. The van der Waals surface area contributed by atoms with Crippen molar-refractivity contribution in [3.05, 3.63) is 0 Å². The zero-order valence-electron chi connectivity index (χ0n) is 8.92. The van der Waals surface area contributed by atoms with Crippen LogP contribution in [-0.4, -0.2) is 55.4 Å². The van der Waals surface area contributed by atoms with Gasteiger partial charge in [-0.05, 0) is 27.4 Å². The first-order valence-electron chi connectivity index (χ1n) is 4.98. The number of hydrogen-bond acceptors (Lipinski definition) is 3. The molecule has 1 fully saturated rings. The van der Waals surface area contributed by atoms with Crippen molar-refractivity contribution in [3.8, 4) is 0 Å². The molecule has 1 rings (SSSR count). The number of rotatable bonds is 3. The van der Waals surface area contributed by atoms with Crippen LogP contribution in [0, 0.1) is 0 Å². The zero-order chi connectivity index (χ0) is 9.84. The van der Waals surface area contributed by atoms with Gasteiger partial charge in [-0.1, -0.05) is 0 Å². The Morgan fingerprint density at radius 2 is 2.08 bits per heavy atom. The summed E-state index contributed by atoms with van der Waals surface area (Å²) in [5, 5.41) is 0. The number of piperazine rings is 1. The summed E-state index contributed by atoms with van der Waals surface area (Å²) >= 11 is 0. The molecular formula is C10H20N2O. The maximum absolute atomic E-state index is 10.8. The molecule has 3 heteroatoms. The molecule has 0 aromatic carbocycles. The highest BCUT2D eigenvalue weighted by Gasteiger charge is 2.21. The van der Waals surface area contributed by atoms with Gasteiger partial charge in [0.2, 0.25) is 0 Å². The van der Waals surface area contributed by atoms with Gasteiger partial charge in [0.15, 0.2) is 0 Å². The third-order valence-electron chi connectivity index (χ3n) is 2.81. The Morgan fingerprint density at radius 3 is 2.69 bits per heavy atom. The fourth-order valence-electron chi connectivity index (χ4n) is 1.78. The van der Waals surface area contributed by atoms with Gasteiger partial charge < -0.3 is 14.6 Å². The van der Waals surface area contributed by atoms with Crippen LogP contribution in [0.3, 0.4) is 0 Å². The van der Waals surface area contributed by atoms with E-state index in [0.717, 1.165) is 32.5 Å². The first kappa shape index (κ1) is 10.7. The van der Waals surface area contributed by atoms with E-state index in [4.69, 9.17) is 0 Å². The highest BCUT2D eigenvalue weighted by Crippen LogP contribution is 2.11. The zero-order valence-corrected chi connectivity index (χ0v) is 8.92. The van der Waals surface area contributed by atoms with Gasteiger partial charge in [0.05, 0.1) is 0 Å². The second kappa shape index (κ2) is 4.72. The lowest BCUT2D eigenvalue weighted by molar-refractivity contribution is -0.117. The van der Waals surface area contributed by atoms with Gasteiger partial charge in [-0.15, -0.1) is 0 Å². The molecule has 0 bridgehead atoms. The molecule has 0 aromatic rings. The minimum Gasteiger partial charge on any atom is -0.304 e. The fraction of sp³-hybridized carbons (Fsp3) is 0.900. The first-order chi connectivity index (χ1) is 6.09.